The molecule has 9 nitrogen and oxygen atoms in total. The molecule has 0 saturated carbocycles. The van der Waals surface area contributed by atoms with Crippen molar-refractivity contribution in [3.63, 3.8) is 0 Å². The van der Waals surface area contributed by atoms with E-state index in [-0.39, 0.29) is 22.0 Å². The Bertz CT molecular complexity index is 1510. The van der Waals surface area contributed by atoms with E-state index in [0.717, 1.165) is 10.5 Å². The molecule has 1 saturated heterocycles. The second-order valence-electron chi connectivity index (χ2n) is 8.01. The van der Waals surface area contributed by atoms with E-state index in [1.807, 2.05) is 6.92 Å². The summed E-state index contributed by atoms with van der Waals surface area (Å²) in [5.74, 6) is -1.65. The molecule has 3 aromatic carbocycles. The number of nitrogens with zero attached hydrogens (tertiary/aromatic N) is 1. The van der Waals surface area contributed by atoms with Crippen LogP contribution in [0.2, 0.25) is 0 Å². The lowest BCUT2D eigenvalue weighted by molar-refractivity contribution is -0.122. The van der Waals surface area contributed by atoms with E-state index in [0.29, 0.717) is 16.8 Å². The average Bonchev–Trinajstić information content (AvgIpc) is 2.83. The van der Waals surface area contributed by atoms with Gasteiger partial charge in [-0.05, 0) is 61.4 Å². The Morgan fingerprint density at radius 1 is 0.889 bits per heavy atom. The monoisotopic (exact) mass is 506 g/mol. The molecular weight excluding hydrogens is 484 g/mol. The molecule has 0 spiro atoms. The van der Waals surface area contributed by atoms with Crippen molar-refractivity contribution in [3.05, 3.63) is 89.0 Å². The first kappa shape index (κ1) is 24.7. The van der Waals surface area contributed by atoms with E-state index in [9.17, 15) is 22.8 Å². The minimum absolute atomic E-state index is 0.0215. The summed E-state index contributed by atoms with van der Waals surface area (Å²) in [7, 11) is -2.80. The summed E-state index contributed by atoms with van der Waals surface area (Å²) in [6.07, 6.45) is 1.29. The number of rotatable bonds is 6. The summed E-state index contributed by atoms with van der Waals surface area (Å²) in [5.41, 5.74) is 1.99. The molecule has 1 heterocycles. The number of ether oxygens (including phenoxy) is 1. The molecule has 1 aliphatic heterocycles. The van der Waals surface area contributed by atoms with E-state index in [4.69, 9.17) is 8.92 Å². The van der Waals surface area contributed by atoms with Crippen LogP contribution in [-0.2, 0) is 19.7 Å². The quantitative estimate of drug-likeness (QED) is 0.307. The SMILES string of the molecule is COc1cc(/C=C2\C(=O)NC(=O)N(c3ccccc3C)C2=O)ccc1OS(=O)(=O)c1ccc(C)cc1. The van der Waals surface area contributed by atoms with Crippen molar-refractivity contribution in [2.75, 3.05) is 12.0 Å². The first-order chi connectivity index (χ1) is 17.1. The number of hydrogen-bond donors (Lipinski definition) is 1. The number of barbiturate groups is 1. The maximum atomic E-state index is 13.1. The zero-order valence-corrected chi connectivity index (χ0v) is 20.5. The van der Waals surface area contributed by atoms with E-state index in [1.165, 1.54) is 43.5 Å². The fourth-order valence-corrected chi connectivity index (χ4v) is 4.51. The Balaban J connectivity index is 1.66. The van der Waals surface area contributed by atoms with Gasteiger partial charge in [0.15, 0.2) is 11.5 Å². The van der Waals surface area contributed by atoms with Gasteiger partial charge in [0.2, 0.25) is 0 Å². The number of carbonyl (C=O) groups excluding carboxylic acids is 3. The predicted molar refractivity (Wildman–Crippen MR) is 132 cm³/mol. The Kier molecular flexibility index (Phi) is 6.63. The second-order valence-corrected chi connectivity index (χ2v) is 9.55. The van der Waals surface area contributed by atoms with Crippen molar-refractivity contribution in [3.8, 4) is 11.5 Å². The zero-order chi connectivity index (χ0) is 26.0. The third-order valence-corrected chi connectivity index (χ3v) is 6.71. The molecule has 3 aromatic rings. The van der Waals surface area contributed by atoms with Gasteiger partial charge in [0.05, 0.1) is 12.8 Å². The van der Waals surface area contributed by atoms with Crippen LogP contribution in [0.4, 0.5) is 10.5 Å². The van der Waals surface area contributed by atoms with Gasteiger partial charge in [-0.2, -0.15) is 8.42 Å². The molecule has 4 amide bonds. The van der Waals surface area contributed by atoms with E-state index < -0.39 is 28.0 Å². The number of methoxy groups -OCH3 is 1. The average molecular weight is 507 g/mol. The van der Waals surface area contributed by atoms with Crippen LogP contribution in [0, 0.1) is 13.8 Å². The van der Waals surface area contributed by atoms with Crippen LogP contribution in [-0.4, -0.2) is 33.4 Å². The number of anilines is 1. The number of urea groups is 1. The Labute approximate surface area is 208 Å². The summed E-state index contributed by atoms with van der Waals surface area (Å²) in [4.78, 5) is 38.9. The van der Waals surface area contributed by atoms with Gasteiger partial charge >= 0.3 is 16.1 Å². The number of para-hydroxylation sites is 1. The number of nitrogens with one attached hydrogen (secondary N) is 1. The van der Waals surface area contributed by atoms with E-state index in [1.54, 1.807) is 43.3 Å². The minimum atomic E-state index is -4.13. The molecule has 36 heavy (non-hydrogen) atoms. The van der Waals surface area contributed by atoms with Crippen molar-refractivity contribution in [2.24, 2.45) is 0 Å². The van der Waals surface area contributed by atoms with Crippen LogP contribution in [0.15, 0.2) is 77.2 Å². The lowest BCUT2D eigenvalue weighted by atomic mass is 10.1. The molecule has 0 aliphatic carbocycles. The number of amides is 4. The summed E-state index contributed by atoms with van der Waals surface area (Å²) in [6, 6.07) is 16.3. The van der Waals surface area contributed by atoms with Gasteiger partial charge in [0, 0.05) is 0 Å². The van der Waals surface area contributed by atoms with Crippen molar-refractivity contribution >= 4 is 39.7 Å². The Morgan fingerprint density at radius 2 is 1.58 bits per heavy atom. The molecule has 10 heteroatoms. The Morgan fingerprint density at radius 3 is 2.25 bits per heavy atom. The number of carbonyl (C=O) groups is 3. The van der Waals surface area contributed by atoms with Crippen molar-refractivity contribution < 1.29 is 31.7 Å². The van der Waals surface area contributed by atoms with Crippen molar-refractivity contribution in [1.29, 1.82) is 0 Å². The van der Waals surface area contributed by atoms with Crippen LogP contribution in [0.5, 0.6) is 11.5 Å². The molecule has 1 N–H and O–H groups in total. The maximum absolute atomic E-state index is 13.1. The number of hydrogen-bond acceptors (Lipinski definition) is 7. The van der Waals surface area contributed by atoms with Gasteiger partial charge in [0.25, 0.3) is 11.8 Å². The van der Waals surface area contributed by atoms with Crippen molar-refractivity contribution in [2.45, 2.75) is 18.7 Å². The highest BCUT2D eigenvalue weighted by Crippen LogP contribution is 2.32. The van der Waals surface area contributed by atoms with Gasteiger partial charge in [-0.25, -0.2) is 9.69 Å². The first-order valence-electron chi connectivity index (χ1n) is 10.8. The second kappa shape index (κ2) is 9.67. The van der Waals surface area contributed by atoms with E-state index in [2.05, 4.69) is 5.32 Å². The van der Waals surface area contributed by atoms with Crippen LogP contribution in [0.3, 0.4) is 0 Å². The lowest BCUT2D eigenvalue weighted by Crippen LogP contribution is -2.54. The molecule has 1 fully saturated rings. The Hall–Kier alpha value is -4.44. The fourth-order valence-electron chi connectivity index (χ4n) is 3.57. The predicted octanol–water partition coefficient (Wildman–Crippen LogP) is 3.75. The highest BCUT2D eigenvalue weighted by atomic mass is 32.2. The standard InChI is InChI=1S/C26H22N2O7S/c1-16-8-11-19(12-9-16)36(32,33)35-22-13-10-18(15-23(22)34-3)14-20-24(29)27-26(31)28(25(20)30)21-7-5-4-6-17(21)2/h4-15H,1-3H3,(H,27,29,31)/b20-14+. The molecule has 0 aromatic heterocycles. The van der Waals surface area contributed by atoms with Crippen LogP contribution >= 0.6 is 0 Å². The molecule has 1 aliphatic rings. The smallest absolute Gasteiger partial charge is 0.339 e. The highest BCUT2D eigenvalue weighted by molar-refractivity contribution is 7.87. The molecule has 0 bridgehead atoms. The van der Waals surface area contributed by atoms with Crippen LogP contribution in [0.1, 0.15) is 16.7 Å². The van der Waals surface area contributed by atoms with Gasteiger partial charge in [-0.1, -0.05) is 42.0 Å². The zero-order valence-electron chi connectivity index (χ0n) is 19.6. The fraction of sp³-hybridized carbons (Fsp3) is 0.115. The third kappa shape index (κ3) is 4.84. The molecular formula is C26H22N2O7S. The normalized spacial score (nSPS) is 15.1. The van der Waals surface area contributed by atoms with Gasteiger partial charge in [-0.3, -0.25) is 14.9 Å². The van der Waals surface area contributed by atoms with Crippen molar-refractivity contribution in [1.82, 2.24) is 5.32 Å². The molecule has 0 unspecified atom stereocenters. The lowest BCUT2D eigenvalue weighted by Gasteiger charge is -2.27. The van der Waals surface area contributed by atoms with Gasteiger partial charge < -0.3 is 8.92 Å². The molecule has 184 valence electrons. The summed E-state index contributed by atoms with van der Waals surface area (Å²) < 4.78 is 35.9. The van der Waals surface area contributed by atoms with Gasteiger partial charge in [-0.15, -0.1) is 0 Å². The highest BCUT2D eigenvalue weighted by Gasteiger charge is 2.37. The van der Waals surface area contributed by atoms with Crippen LogP contribution < -0.4 is 19.1 Å². The topological polar surface area (TPSA) is 119 Å². The minimum Gasteiger partial charge on any atom is -0.493 e. The van der Waals surface area contributed by atoms with E-state index >= 15 is 0 Å². The number of aryl methyl sites for hydroxylation is 2. The number of imide groups is 2. The molecule has 4 rings (SSSR count). The third-order valence-electron chi connectivity index (χ3n) is 5.47. The number of benzene rings is 3. The molecule has 0 atom stereocenters. The first-order valence-corrected chi connectivity index (χ1v) is 12.2. The maximum Gasteiger partial charge on any atom is 0.339 e. The summed E-state index contributed by atoms with van der Waals surface area (Å²) in [6.45, 7) is 3.57. The summed E-state index contributed by atoms with van der Waals surface area (Å²) in [5, 5.41) is 2.17. The van der Waals surface area contributed by atoms with Gasteiger partial charge in [0.1, 0.15) is 10.5 Å². The largest absolute Gasteiger partial charge is 0.493 e. The van der Waals surface area contributed by atoms with Crippen LogP contribution in [0.25, 0.3) is 6.08 Å². The summed E-state index contributed by atoms with van der Waals surface area (Å²) >= 11 is 0. The molecule has 0 radical (unpaired) electrons.